The van der Waals surface area contributed by atoms with Crippen molar-refractivity contribution in [3.05, 3.63) is 34.3 Å². The highest BCUT2D eigenvalue weighted by atomic mass is 35.5. The molecule has 0 radical (unpaired) electrons. The molecule has 1 aromatic carbocycles. The highest BCUT2D eigenvalue weighted by Gasteiger charge is 2.43. The molecule has 2 aliphatic carbocycles. The van der Waals surface area contributed by atoms with Crippen molar-refractivity contribution in [3.63, 3.8) is 0 Å². The van der Waals surface area contributed by atoms with Crippen molar-refractivity contribution in [2.45, 2.75) is 38.6 Å². The molecule has 3 rings (SSSR count). The summed E-state index contributed by atoms with van der Waals surface area (Å²) in [6.45, 7) is 2.10. The minimum atomic E-state index is 0.438. The van der Waals surface area contributed by atoms with E-state index in [1.807, 2.05) is 0 Å². The van der Waals surface area contributed by atoms with Gasteiger partial charge in [0.25, 0.3) is 0 Å². The zero-order valence-corrected chi connectivity index (χ0v) is 12.0. The molecule has 98 valence electrons. The Balaban J connectivity index is 1.88. The normalized spacial score (nSPS) is 31.8. The summed E-state index contributed by atoms with van der Waals surface area (Å²) in [4.78, 5) is 0. The number of fused-ring (bicyclic) bond motifs is 2. The third-order valence-corrected chi connectivity index (χ3v) is 5.35. The van der Waals surface area contributed by atoms with Gasteiger partial charge in [0.2, 0.25) is 0 Å². The van der Waals surface area contributed by atoms with Crippen LogP contribution in [0.15, 0.2) is 18.2 Å². The third-order valence-electron chi connectivity index (χ3n) is 5.02. The Morgan fingerprint density at radius 1 is 1.28 bits per heavy atom. The van der Waals surface area contributed by atoms with Crippen molar-refractivity contribution in [1.82, 2.24) is 5.32 Å². The van der Waals surface area contributed by atoms with E-state index in [1.54, 1.807) is 0 Å². The van der Waals surface area contributed by atoms with E-state index in [2.05, 4.69) is 37.5 Å². The Kier molecular flexibility index (Phi) is 3.38. The first kappa shape index (κ1) is 12.5. The molecule has 4 atom stereocenters. The summed E-state index contributed by atoms with van der Waals surface area (Å²) in [6.07, 6.45) is 5.73. The molecule has 18 heavy (non-hydrogen) atoms. The number of hydrogen-bond acceptors (Lipinski definition) is 1. The highest BCUT2D eigenvalue weighted by molar-refractivity contribution is 6.31. The molecule has 0 spiro atoms. The second kappa shape index (κ2) is 4.86. The van der Waals surface area contributed by atoms with Crippen LogP contribution in [0, 0.1) is 24.7 Å². The van der Waals surface area contributed by atoms with Crippen LogP contribution in [0.25, 0.3) is 0 Å². The van der Waals surface area contributed by atoms with Crippen molar-refractivity contribution in [2.75, 3.05) is 7.05 Å². The average Bonchev–Trinajstić information content (AvgIpc) is 2.95. The smallest absolute Gasteiger partial charge is 0.0456 e. The molecule has 0 heterocycles. The van der Waals surface area contributed by atoms with Crippen molar-refractivity contribution in [3.8, 4) is 0 Å². The third kappa shape index (κ3) is 2.08. The maximum Gasteiger partial charge on any atom is 0.0456 e. The molecule has 2 fully saturated rings. The summed E-state index contributed by atoms with van der Waals surface area (Å²) in [5.41, 5.74) is 2.54. The SMILES string of the molecule is CNC(c1ccc(C)cc1Cl)C1CC2CCC1C2. The Bertz CT molecular complexity index is 443. The van der Waals surface area contributed by atoms with Crippen LogP contribution in [0.1, 0.15) is 42.9 Å². The Labute approximate surface area is 115 Å². The van der Waals surface area contributed by atoms with Gasteiger partial charge in [0, 0.05) is 11.1 Å². The van der Waals surface area contributed by atoms with Gasteiger partial charge in [0.05, 0.1) is 0 Å². The largest absolute Gasteiger partial charge is 0.313 e. The minimum Gasteiger partial charge on any atom is -0.313 e. The second-order valence-electron chi connectivity index (χ2n) is 6.13. The first-order chi connectivity index (χ1) is 8.69. The molecule has 2 saturated carbocycles. The molecule has 0 amide bonds. The van der Waals surface area contributed by atoms with Crippen molar-refractivity contribution < 1.29 is 0 Å². The Morgan fingerprint density at radius 3 is 2.67 bits per heavy atom. The van der Waals surface area contributed by atoms with Gasteiger partial charge in [-0.3, -0.25) is 0 Å². The molecule has 0 aliphatic heterocycles. The molecule has 2 aliphatic rings. The van der Waals surface area contributed by atoms with E-state index in [-0.39, 0.29) is 0 Å². The van der Waals surface area contributed by atoms with Gasteiger partial charge < -0.3 is 5.32 Å². The van der Waals surface area contributed by atoms with Gasteiger partial charge in [-0.1, -0.05) is 30.2 Å². The summed E-state index contributed by atoms with van der Waals surface area (Å²) in [5, 5.41) is 4.45. The van der Waals surface area contributed by atoms with Gasteiger partial charge in [-0.2, -0.15) is 0 Å². The van der Waals surface area contributed by atoms with Gasteiger partial charge in [-0.25, -0.2) is 0 Å². The fourth-order valence-corrected chi connectivity index (χ4v) is 4.54. The van der Waals surface area contributed by atoms with Gasteiger partial charge in [-0.05, 0) is 68.2 Å². The van der Waals surface area contributed by atoms with Gasteiger partial charge in [-0.15, -0.1) is 0 Å². The number of hydrogen-bond donors (Lipinski definition) is 1. The van der Waals surface area contributed by atoms with Gasteiger partial charge in [0.1, 0.15) is 0 Å². The molecule has 0 saturated heterocycles. The molecule has 0 aromatic heterocycles. The van der Waals surface area contributed by atoms with E-state index in [9.17, 15) is 0 Å². The summed E-state index contributed by atoms with van der Waals surface area (Å²) in [5.74, 6) is 2.69. The topological polar surface area (TPSA) is 12.0 Å². The maximum absolute atomic E-state index is 6.44. The molecule has 1 nitrogen and oxygen atoms in total. The lowest BCUT2D eigenvalue weighted by molar-refractivity contribution is 0.259. The van der Waals surface area contributed by atoms with Crippen molar-refractivity contribution in [1.29, 1.82) is 0 Å². The van der Waals surface area contributed by atoms with Crippen LogP contribution in [0.2, 0.25) is 5.02 Å². The fraction of sp³-hybridized carbons (Fsp3) is 0.625. The molecule has 4 unspecified atom stereocenters. The number of nitrogens with one attached hydrogen (secondary N) is 1. The van der Waals surface area contributed by atoms with Crippen LogP contribution < -0.4 is 5.32 Å². The first-order valence-corrected chi connectivity index (χ1v) is 7.50. The first-order valence-electron chi connectivity index (χ1n) is 7.12. The highest BCUT2D eigenvalue weighted by Crippen LogP contribution is 2.53. The van der Waals surface area contributed by atoms with E-state index >= 15 is 0 Å². The predicted molar refractivity (Wildman–Crippen MR) is 76.9 cm³/mol. The standard InChI is InChI=1S/C16H22ClN/c1-10-3-6-13(15(17)7-10)16(18-2)14-9-11-4-5-12(14)8-11/h3,6-7,11-12,14,16,18H,4-5,8-9H2,1-2H3. The van der Waals surface area contributed by atoms with E-state index in [4.69, 9.17) is 11.6 Å². The van der Waals surface area contributed by atoms with Crippen LogP contribution >= 0.6 is 11.6 Å². The van der Waals surface area contributed by atoms with E-state index < -0.39 is 0 Å². The lowest BCUT2D eigenvalue weighted by atomic mass is 9.80. The lowest BCUT2D eigenvalue weighted by Gasteiger charge is -2.31. The van der Waals surface area contributed by atoms with E-state index in [0.29, 0.717) is 6.04 Å². The van der Waals surface area contributed by atoms with Crippen LogP contribution in [0.5, 0.6) is 0 Å². The number of halogens is 1. The van der Waals surface area contributed by atoms with E-state index in [1.165, 1.54) is 36.8 Å². The number of aryl methyl sites for hydroxylation is 1. The second-order valence-corrected chi connectivity index (χ2v) is 6.54. The molecule has 2 heteroatoms. The number of benzene rings is 1. The maximum atomic E-state index is 6.44. The molecular formula is C16H22ClN. The van der Waals surface area contributed by atoms with Gasteiger partial charge >= 0.3 is 0 Å². The van der Waals surface area contributed by atoms with Crippen molar-refractivity contribution >= 4 is 11.6 Å². The molecule has 2 bridgehead atoms. The van der Waals surface area contributed by atoms with E-state index in [0.717, 1.165) is 22.8 Å². The zero-order valence-electron chi connectivity index (χ0n) is 11.2. The number of rotatable bonds is 3. The Morgan fingerprint density at radius 2 is 2.11 bits per heavy atom. The zero-order chi connectivity index (χ0) is 12.7. The summed E-state index contributed by atoms with van der Waals surface area (Å²) in [6, 6.07) is 6.92. The predicted octanol–water partition coefficient (Wildman–Crippen LogP) is 4.35. The minimum absolute atomic E-state index is 0.438. The Hall–Kier alpha value is -0.530. The van der Waals surface area contributed by atoms with Crippen molar-refractivity contribution in [2.24, 2.45) is 17.8 Å². The van der Waals surface area contributed by atoms with Crippen LogP contribution in [0.4, 0.5) is 0 Å². The molecule has 1 N–H and O–H groups in total. The fourth-order valence-electron chi connectivity index (χ4n) is 4.19. The average molecular weight is 264 g/mol. The van der Waals surface area contributed by atoms with Crippen LogP contribution in [0.3, 0.4) is 0 Å². The van der Waals surface area contributed by atoms with Crippen LogP contribution in [-0.4, -0.2) is 7.05 Å². The summed E-state index contributed by atoms with van der Waals surface area (Å²) in [7, 11) is 2.08. The molecular weight excluding hydrogens is 242 g/mol. The van der Waals surface area contributed by atoms with Gasteiger partial charge in [0.15, 0.2) is 0 Å². The summed E-state index contributed by atoms with van der Waals surface area (Å²) < 4.78 is 0. The monoisotopic (exact) mass is 263 g/mol. The molecule has 1 aromatic rings. The summed E-state index contributed by atoms with van der Waals surface area (Å²) >= 11 is 6.44. The quantitative estimate of drug-likeness (QED) is 0.855. The van der Waals surface area contributed by atoms with Crippen LogP contribution in [-0.2, 0) is 0 Å². The lowest BCUT2D eigenvalue weighted by Crippen LogP contribution is -2.29.